The van der Waals surface area contributed by atoms with Crippen molar-refractivity contribution < 1.29 is 5.11 Å². The van der Waals surface area contributed by atoms with Crippen LogP contribution in [0.3, 0.4) is 0 Å². The number of hydrogen-bond acceptors (Lipinski definition) is 2. The summed E-state index contributed by atoms with van der Waals surface area (Å²) in [4.78, 5) is 0. The van der Waals surface area contributed by atoms with Gasteiger partial charge in [0.05, 0.1) is 0 Å². The lowest BCUT2D eigenvalue weighted by Crippen LogP contribution is -2.28. The lowest BCUT2D eigenvalue weighted by Gasteiger charge is -2.22. The second-order valence-corrected chi connectivity index (χ2v) is 4.74. The number of β-amino-alcohol motifs (C(OH)–C–C–N with tert-alkyl or cyclic N) is 1. The Morgan fingerprint density at radius 2 is 1.93 bits per heavy atom. The molecule has 1 atom stereocenters. The molecule has 0 aliphatic carbocycles. The molecule has 82 valence electrons. The minimum absolute atomic E-state index is 0.551. The van der Waals surface area contributed by atoms with E-state index in [2.05, 4.69) is 43.4 Å². The monoisotopic (exact) mass is 205 g/mol. The summed E-state index contributed by atoms with van der Waals surface area (Å²) in [5, 5.41) is 13.5. The van der Waals surface area contributed by atoms with Crippen LogP contribution in [0.15, 0.2) is 24.3 Å². The SMILES string of the molecule is CC(C)c1ccc(C2(O)CCNC2)cc1. The Morgan fingerprint density at radius 3 is 2.40 bits per heavy atom. The Balaban J connectivity index is 2.23. The summed E-state index contributed by atoms with van der Waals surface area (Å²) in [5.41, 5.74) is 1.72. The molecule has 2 N–H and O–H groups in total. The van der Waals surface area contributed by atoms with Crippen molar-refractivity contribution in [1.29, 1.82) is 0 Å². The summed E-state index contributed by atoms with van der Waals surface area (Å²) in [5.74, 6) is 0.551. The standard InChI is InChI=1S/C13H19NO/c1-10(2)11-3-5-12(6-4-11)13(15)7-8-14-9-13/h3-6,10,14-15H,7-9H2,1-2H3. The maximum atomic E-state index is 10.3. The lowest BCUT2D eigenvalue weighted by atomic mass is 9.91. The van der Waals surface area contributed by atoms with E-state index in [1.54, 1.807) is 0 Å². The van der Waals surface area contributed by atoms with Gasteiger partial charge >= 0.3 is 0 Å². The van der Waals surface area contributed by atoms with Crippen LogP contribution < -0.4 is 5.32 Å². The van der Waals surface area contributed by atoms with Gasteiger partial charge in [-0.25, -0.2) is 0 Å². The Morgan fingerprint density at radius 1 is 1.27 bits per heavy atom. The fraction of sp³-hybridized carbons (Fsp3) is 0.538. The van der Waals surface area contributed by atoms with Gasteiger partial charge in [-0.2, -0.15) is 0 Å². The molecule has 0 saturated carbocycles. The normalized spacial score (nSPS) is 26.1. The summed E-state index contributed by atoms with van der Waals surface area (Å²) in [6.45, 7) is 5.94. The van der Waals surface area contributed by atoms with Crippen LogP contribution in [0.5, 0.6) is 0 Å². The third-order valence-corrected chi connectivity index (χ3v) is 3.25. The van der Waals surface area contributed by atoms with Crippen LogP contribution in [-0.4, -0.2) is 18.2 Å². The van der Waals surface area contributed by atoms with Gasteiger partial charge < -0.3 is 10.4 Å². The number of aliphatic hydroxyl groups is 1. The molecule has 0 bridgehead atoms. The Labute approximate surface area is 91.3 Å². The molecule has 0 amide bonds. The highest BCUT2D eigenvalue weighted by Gasteiger charge is 2.32. The highest BCUT2D eigenvalue weighted by molar-refractivity contribution is 5.29. The third-order valence-electron chi connectivity index (χ3n) is 3.25. The van der Waals surface area contributed by atoms with Crippen molar-refractivity contribution in [2.24, 2.45) is 0 Å². The van der Waals surface area contributed by atoms with Crippen LogP contribution >= 0.6 is 0 Å². The van der Waals surface area contributed by atoms with E-state index in [0.717, 1.165) is 18.5 Å². The average molecular weight is 205 g/mol. The van der Waals surface area contributed by atoms with Gasteiger partial charge in [0.15, 0.2) is 0 Å². The molecule has 1 aliphatic rings. The van der Waals surface area contributed by atoms with Crippen LogP contribution in [0, 0.1) is 0 Å². The molecule has 2 nitrogen and oxygen atoms in total. The van der Waals surface area contributed by atoms with E-state index in [4.69, 9.17) is 0 Å². The molecule has 1 unspecified atom stereocenters. The Hall–Kier alpha value is -0.860. The van der Waals surface area contributed by atoms with Crippen molar-refractivity contribution in [2.45, 2.75) is 31.8 Å². The molecular formula is C13H19NO. The molecule has 0 spiro atoms. The zero-order valence-electron chi connectivity index (χ0n) is 9.46. The van der Waals surface area contributed by atoms with Gasteiger partial charge in [-0.1, -0.05) is 38.1 Å². The molecule has 1 heterocycles. The molecular weight excluding hydrogens is 186 g/mol. The van der Waals surface area contributed by atoms with Gasteiger partial charge in [-0.05, 0) is 30.0 Å². The smallest absolute Gasteiger partial charge is 0.103 e. The maximum Gasteiger partial charge on any atom is 0.103 e. The Bertz CT molecular complexity index is 323. The van der Waals surface area contributed by atoms with Gasteiger partial charge in [0, 0.05) is 6.54 Å². The quantitative estimate of drug-likeness (QED) is 0.774. The van der Waals surface area contributed by atoms with Crippen molar-refractivity contribution in [3.05, 3.63) is 35.4 Å². The lowest BCUT2D eigenvalue weighted by molar-refractivity contribution is 0.0587. The zero-order chi connectivity index (χ0) is 10.9. The topological polar surface area (TPSA) is 32.3 Å². The minimum atomic E-state index is -0.643. The maximum absolute atomic E-state index is 10.3. The third kappa shape index (κ3) is 2.06. The van der Waals surface area contributed by atoms with Crippen molar-refractivity contribution in [3.8, 4) is 0 Å². The highest BCUT2D eigenvalue weighted by atomic mass is 16.3. The van der Waals surface area contributed by atoms with E-state index >= 15 is 0 Å². The van der Waals surface area contributed by atoms with Crippen LogP contribution in [0.4, 0.5) is 0 Å². The summed E-state index contributed by atoms with van der Waals surface area (Å²) in [7, 11) is 0. The van der Waals surface area contributed by atoms with E-state index in [1.165, 1.54) is 5.56 Å². The molecule has 2 rings (SSSR count). The van der Waals surface area contributed by atoms with Crippen LogP contribution in [0.25, 0.3) is 0 Å². The zero-order valence-corrected chi connectivity index (χ0v) is 9.46. The summed E-state index contributed by atoms with van der Waals surface area (Å²) in [6.07, 6.45) is 0.814. The molecule has 1 fully saturated rings. The number of hydrogen-bond donors (Lipinski definition) is 2. The van der Waals surface area contributed by atoms with Crippen molar-refractivity contribution in [1.82, 2.24) is 5.32 Å². The van der Waals surface area contributed by atoms with Crippen molar-refractivity contribution in [2.75, 3.05) is 13.1 Å². The van der Waals surface area contributed by atoms with Gasteiger partial charge in [0.1, 0.15) is 5.60 Å². The first-order valence-electron chi connectivity index (χ1n) is 5.65. The number of nitrogens with one attached hydrogen (secondary N) is 1. The number of benzene rings is 1. The fourth-order valence-corrected chi connectivity index (χ4v) is 2.10. The van der Waals surface area contributed by atoms with E-state index < -0.39 is 5.60 Å². The summed E-state index contributed by atoms with van der Waals surface area (Å²) < 4.78 is 0. The molecule has 2 heteroatoms. The van der Waals surface area contributed by atoms with Crippen LogP contribution in [0.1, 0.15) is 37.3 Å². The Kier molecular flexibility index (Phi) is 2.81. The number of rotatable bonds is 2. The van der Waals surface area contributed by atoms with Gasteiger partial charge in [-0.15, -0.1) is 0 Å². The summed E-state index contributed by atoms with van der Waals surface area (Å²) >= 11 is 0. The molecule has 1 aliphatic heterocycles. The highest BCUT2D eigenvalue weighted by Crippen LogP contribution is 2.28. The molecule has 15 heavy (non-hydrogen) atoms. The predicted molar refractivity (Wildman–Crippen MR) is 61.9 cm³/mol. The fourth-order valence-electron chi connectivity index (χ4n) is 2.10. The van der Waals surface area contributed by atoms with E-state index in [-0.39, 0.29) is 0 Å². The van der Waals surface area contributed by atoms with Crippen LogP contribution in [0.2, 0.25) is 0 Å². The minimum Gasteiger partial charge on any atom is -0.384 e. The molecule has 1 aromatic rings. The van der Waals surface area contributed by atoms with Crippen molar-refractivity contribution in [3.63, 3.8) is 0 Å². The predicted octanol–water partition coefficient (Wildman–Crippen LogP) is 1.99. The second-order valence-electron chi connectivity index (χ2n) is 4.74. The van der Waals surface area contributed by atoms with E-state index in [1.807, 2.05) is 0 Å². The van der Waals surface area contributed by atoms with Gasteiger partial charge in [0.25, 0.3) is 0 Å². The molecule has 1 saturated heterocycles. The second kappa shape index (κ2) is 3.95. The van der Waals surface area contributed by atoms with Gasteiger partial charge in [-0.3, -0.25) is 0 Å². The van der Waals surface area contributed by atoms with E-state index in [0.29, 0.717) is 12.5 Å². The van der Waals surface area contributed by atoms with Crippen LogP contribution in [-0.2, 0) is 5.60 Å². The summed E-state index contributed by atoms with van der Waals surface area (Å²) in [6, 6.07) is 8.36. The molecule has 0 radical (unpaired) electrons. The average Bonchev–Trinajstić information content (AvgIpc) is 2.67. The first-order valence-corrected chi connectivity index (χ1v) is 5.65. The van der Waals surface area contributed by atoms with Gasteiger partial charge in [0.2, 0.25) is 0 Å². The first-order chi connectivity index (χ1) is 7.12. The largest absolute Gasteiger partial charge is 0.384 e. The van der Waals surface area contributed by atoms with E-state index in [9.17, 15) is 5.11 Å². The molecule has 1 aromatic carbocycles. The van der Waals surface area contributed by atoms with Crippen molar-refractivity contribution >= 4 is 0 Å². The first kappa shape index (κ1) is 10.7. The molecule has 0 aromatic heterocycles.